The van der Waals surface area contributed by atoms with E-state index in [1.807, 2.05) is 29.8 Å². The minimum Gasteiger partial charge on any atom is -0.493 e. The fourth-order valence-corrected chi connectivity index (χ4v) is 2.76. The molecule has 3 rings (SSSR count). The summed E-state index contributed by atoms with van der Waals surface area (Å²) >= 11 is 0. The molecule has 2 N–H and O–H groups in total. The summed E-state index contributed by atoms with van der Waals surface area (Å²) in [4.78, 5) is 24.7. The van der Waals surface area contributed by atoms with Crippen LogP contribution in [-0.4, -0.2) is 52.7 Å². The van der Waals surface area contributed by atoms with Gasteiger partial charge in [-0.15, -0.1) is 0 Å². The molecular formula is C21H24N6O3. The summed E-state index contributed by atoms with van der Waals surface area (Å²) in [6.45, 7) is 2.87. The average Bonchev–Trinajstić information content (AvgIpc) is 3.21. The molecule has 0 spiro atoms. The van der Waals surface area contributed by atoms with Crippen LogP contribution in [0.2, 0.25) is 0 Å². The molecule has 9 heteroatoms. The second-order valence-corrected chi connectivity index (χ2v) is 6.27. The lowest BCUT2D eigenvalue weighted by atomic mass is 10.2. The number of aryl methyl sites for hydroxylation is 1. The van der Waals surface area contributed by atoms with Crippen molar-refractivity contribution in [2.75, 3.05) is 32.6 Å². The van der Waals surface area contributed by atoms with Gasteiger partial charge in [0.2, 0.25) is 5.91 Å². The lowest BCUT2D eigenvalue weighted by Crippen LogP contribution is -2.27. The standard InChI is InChI=1S/C21H24N6O3/c1-15-22-10-11-27(15)20-13-19(25-14-26-20)23-8-9-24-21(28)7-5-16-4-6-17(29-2)18(12-16)30-3/h4-7,10-14H,8-9H2,1-3H3,(H,24,28)(H,23,25,26)/b7-5+. The first kappa shape index (κ1) is 20.8. The van der Waals surface area contributed by atoms with Crippen LogP contribution < -0.4 is 20.1 Å². The minimum atomic E-state index is -0.191. The van der Waals surface area contributed by atoms with E-state index in [2.05, 4.69) is 25.6 Å². The Labute approximate surface area is 174 Å². The SMILES string of the molecule is COc1ccc(/C=C/C(=O)NCCNc2cc(-n3ccnc3C)ncn2)cc1OC. The van der Waals surface area contributed by atoms with Crippen LogP contribution in [0.1, 0.15) is 11.4 Å². The fourth-order valence-electron chi connectivity index (χ4n) is 2.76. The Bertz CT molecular complexity index is 1030. The van der Waals surface area contributed by atoms with E-state index in [0.29, 0.717) is 30.4 Å². The summed E-state index contributed by atoms with van der Waals surface area (Å²) in [6.07, 6.45) is 8.24. The third-order valence-corrected chi connectivity index (χ3v) is 4.29. The number of benzene rings is 1. The lowest BCUT2D eigenvalue weighted by Gasteiger charge is -2.09. The normalized spacial score (nSPS) is 10.8. The van der Waals surface area contributed by atoms with Crippen molar-refractivity contribution >= 4 is 17.8 Å². The van der Waals surface area contributed by atoms with E-state index >= 15 is 0 Å². The van der Waals surface area contributed by atoms with Crippen LogP contribution in [0.4, 0.5) is 5.82 Å². The van der Waals surface area contributed by atoms with Crippen molar-refractivity contribution in [3.8, 4) is 17.3 Å². The van der Waals surface area contributed by atoms with Gasteiger partial charge in [-0.25, -0.2) is 15.0 Å². The number of carbonyl (C=O) groups excluding carboxylic acids is 1. The maximum Gasteiger partial charge on any atom is 0.244 e. The van der Waals surface area contributed by atoms with E-state index < -0.39 is 0 Å². The molecule has 2 heterocycles. The summed E-state index contributed by atoms with van der Waals surface area (Å²) in [6, 6.07) is 7.27. The van der Waals surface area contributed by atoms with Crippen molar-refractivity contribution in [1.29, 1.82) is 0 Å². The van der Waals surface area contributed by atoms with Crippen LogP contribution in [0.25, 0.3) is 11.9 Å². The van der Waals surface area contributed by atoms with Crippen molar-refractivity contribution in [3.05, 3.63) is 60.5 Å². The lowest BCUT2D eigenvalue weighted by molar-refractivity contribution is -0.116. The molecule has 156 valence electrons. The molecule has 9 nitrogen and oxygen atoms in total. The van der Waals surface area contributed by atoms with E-state index in [4.69, 9.17) is 9.47 Å². The van der Waals surface area contributed by atoms with Gasteiger partial charge in [0, 0.05) is 37.6 Å². The summed E-state index contributed by atoms with van der Waals surface area (Å²) in [5, 5.41) is 5.99. The number of amides is 1. The zero-order valence-electron chi connectivity index (χ0n) is 17.1. The van der Waals surface area contributed by atoms with Crippen LogP contribution in [0.5, 0.6) is 11.5 Å². The van der Waals surface area contributed by atoms with Crippen LogP contribution in [-0.2, 0) is 4.79 Å². The number of imidazole rings is 1. The smallest absolute Gasteiger partial charge is 0.244 e. The zero-order chi connectivity index (χ0) is 21.3. The number of methoxy groups -OCH3 is 2. The zero-order valence-corrected chi connectivity index (χ0v) is 17.1. The molecule has 3 aromatic rings. The van der Waals surface area contributed by atoms with Crippen LogP contribution >= 0.6 is 0 Å². The highest BCUT2D eigenvalue weighted by Crippen LogP contribution is 2.27. The van der Waals surface area contributed by atoms with Gasteiger partial charge in [0.05, 0.1) is 14.2 Å². The predicted octanol–water partition coefficient (Wildman–Crippen LogP) is 2.23. The van der Waals surface area contributed by atoms with Crippen molar-refractivity contribution in [1.82, 2.24) is 24.8 Å². The second-order valence-electron chi connectivity index (χ2n) is 6.27. The van der Waals surface area contributed by atoms with Crippen molar-refractivity contribution in [2.45, 2.75) is 6.92 Å². The number of nitrogens with zero attached hydrogens (tertiary/aromatic N) is 4. The van der Waals surface area contributed by atoms with Gasteiger partial charge in [-0.05, 0) is 30.7 Å². The maximum atomic E-state index is 12.0. The Hall–Kier alpha value is -3.88. The quantitative estimate of drug-likeness (QED) is 0.413. The van der Waals surface area contributed by atoms with E-state index in [1.54, 1.807) is 38.6 Å². The molecule has 0 saturated carbocycles. The molecule has 0 aliphatic carbocycles. The van der Waals surface area contributed by atoms with E-state index in [0.717, 1.165) is 17.2 Å². The summed E-state index contributed by atoms with van der Waals surface area (Å²) < 4.78 is 12.3. The average molecular weight is 408 g/mol. The molecule has 0 bridgehead atoms. The number of rotatable bonds is 9. The Balaban J connectivity index is 1.47. The molecule has 1 amide bonds. The largest absolute Gasteiger partial charge is 0.493 e. The summed E-state index contributed by atoms with van der Waals surface area (Å²) in [7, 11) is 3.15. The van der Waals surface area contributed by atoms with Crippen molar-refractivity contribution < 1.29 is 14.3 Å². The maximum absolute atomic E-state index is 12.0. The molecule has 0 saturated heterocycles. The number of aromatic nitrogens is 4. The summed E-state index contributed by atoms with van der Waals surface area (Å²) in [5.41, 5.74) is 0.837. The van der Waals surface area contributed by atoms with Gasteiger partial charge >= 0.3 is 0 Å². The summed E-state index contributed by atoms with van der Waals surface area (Å²) in [5.74, 6) is 3.30. The third kappa shape index (κ3) is 5.34. The second kappa shape index (κ2) is 10.1. The first-order valence-electron chi connectivity index (χ1n) is 9.35. The van der Waals surface area contributed by atoms with Crippen LogP contribution in [0.3, 0.4) is 0 Å². The van der Waals surface area contributed by atoms with Gasteiger partial charge in [0.15, 0.2) is 11.5 Å². The Morgan fingerprint density at radius 2 is 1.93 bits per heavy atom. The monoisotopic (exact) mass is 408 g/mol. The third-order valence-electron chi connectivity index (χ3n) is 4.29. The molecule has 1 aromatic carbocycles. The highest BCUT2D eigenvalue weighted by Gasteiger charge is 2.05. The highest BCUT2D eigenvalue weighted by atomic mass is 16.5. The Morgan fingerprint density at radius 1 is 1.10 bits per heavy atom. The van der Waals surface area contributed by atoms with Gasteiger partial charge in [0.1, 0.15) is 23.8 Å². The van der Waals surface area contributed by atoms with Crippen LogP contribution in [0.15, 0.2) is 49.1 Å². The molecule has 30 heavy (non-hydrogen) atoms. The number of hydrogen-bond acceptors (Lipinski definition) is 7. The van der Waals surface area contributed by atoms with Crippen LogP contribution in [0, 0.1) is 6.92 Å². The van der Waals surface area contributed by atoms with Gasteiger partial charge in [-0.1, -0.05) is 6.07 Å². The molecule has 0 radical (unpaired) electrons. The molecule has 0 atom stereocenters. The number of ether oxygens (including phenoxy) is 2. The minimum absolute atomic E-state index is 0.191. The van der Waals surface area contributed by atoms with E-state index in [9.17, 15) is 4.79 Å². The van der Waals surface area contributed by atoms with Crippen molar-refractivity contribution in [2.24, 2.45) is 0 Å². The molecular weight excluding hydrogens is 384 g/mol. The van der Waals surface area contributed by atoms with E-state index in [-0.39, 0.29) is 5.91 Å². The number of nitrogens with one attached hydrogen (secondary N) is 2. The first-order valence-corrected chi connectivity index (χ1v) is 9.35. The van der Waals surface area contributed by atoms with E-state index in [1.165, 1.54) is 12.4 Å². The Kier molecular flexibility index (Phi) is 6.99. The van der Waals surface area contributed by atoms with Gasteiger partial charge in [0.25, 0.3) is 0 Å². The van der Waals surface area contributed by atoms with Gasteiger partial charge in [-0.2, -0.15) is 0 Å². The van der Waals surface area contributed by atoms with Gasteiger partial charge in [-0.3, -0.25) is 9.36 Å². The molecule has 0 fully saturated rings. The fraction of sp³-hybridized carbons (Fsp3) is 0.238. The Morgan fingerprint density at radius 3 is 2.67 bits per heavy atom. The van der Waals surface area contributed by atoms with Gasteiger partial charge < -0.3 is 20.1 Å². The van der Waals surface area contributed by atoms with Crippen molar-refractivity contribution in [3.63, 3.8) is 0 Å². The topological polar surface area (TPSA) is 103 Å². The molecule has 0 aliphatic rings. The number of hydrogen-bond donors (Lipinski definition) is 2. The molecule has 2 aromatic heterocycles. The molecule has 0 unspecified atom stereocenters. The molecule has 0 aliphatic heterocycles. The first-order chi connectivity index (χ1) is 14.6. The predicted molar refractivity (Wildman–Crippen MR) is 114 cm³/mol. The number of anilines is 1. The number of carbonyl (C=O) groups is 1. The highest BCUT2D eigenvalue weighted by molar-refractivity contribution is 5.91.